The van der Waals surface area contributed by atoms with Crippen LogP contribution in [0.3, 0.4) is 0 Å². The van der Waals surface area contributed by atoms with Gasteiger partial charge in [0.05, 0.1) is 18.5 Å². The molecule has 5 rings (SSSR count). The average Bonchev–Trinajstić information content (AvgIpc) is 2.96. The van der Waals surface area contributed by atoms with Crippen molar-refractivity contribution < 1.29 is 31.3 Å². The lowest BCUT2D eigenvalue weighted by Crippen LogP contribution is -2.52. The van der Waals surface area contributed by atoms with Gasteiger partial charge in [-0.25, -0.2) is 4.39 Å². The molecule has 1 amide bonds. The van der Waals surface area contributed by atoms with Crippen LogP contribution < -0.4 is 23.9 Å². The number of carbonyl (C=O) groups excluding carboxylic acids is 1. The van der Waals surface area contributed by atoms with Crippen molar-refractivity contribution in [3.8, 4) is 28.4 Å². The van der Waals surface area contributed by atoms with Crippen molar-refractivity contribution in [2.24, 2.45) is 0 Å². The van der Waals surface area contributed by atoms with Gasteiger partial charge in [0.15, 0.2) is 0 Å². The molecule has 1 aliphatic heterocycles. The Hall–Kier alpha value is -4.57. The molecule has 218 valence electrons. The molecule has 1 N–H and O–H groups in total. The van der Waals surface area contributed by atoms with Gasteiger partial charge in [-0.2, -0.15) is 8.42 Å². The van der Waals surface area contributed by atoms with Crippen molar-refractivity contribution >= 4 is 27.4 Å². The summed E-state index contributed by atoms with van der Waals surface area (Å²) in [6, 6.07) is 20.6. The van der Waals surface area contributed by atoms with E-state index in [2.05, 4.69) is 5.32 Å². The minimum atomic E-state index is -4.07. The molecular formula is C32H31FN2O6S. The standard InChI is InChI=1S/C32H31FN2O6S/c1-20-11-12-21(33)17-28(20)40-19-26-24(15-16-27-30(26)35(4)31(36)32(2,3)34-27)25-14-13-22(18-29(25)39-5)41-42(37,38)23-9-7-6-8-10-23/h6-18,34H,19H2,1-5H3. The van der Waals surface area contributed by atoms with Gasteiger partial charge in [-0.3, -0.25) is 4.79 Å². The van der Waals surface area contributed by atoms with Crippen LogP contribution in [0.4, 0.5) is 15.8 Å². The van der Waals surface area contributed by atoms with Crippen molar-refractivity contribution in [1.29, 1.82) is 0 Å². The maximum Gasteiger partial charge on any atom is 0.339 e. The van der Waals surface area contributed by atoms with Gasteiger partial charge in [0.25, 0.3) is 5.91 Å². The first-order valence-corrected chi connectivity index (χ1v) is 14.6. The monoisotopic (exact) mass is 590 g/mol. The third-order valence-electron chi connectivity index (χ3n) is 7.13. The molecule has 0 bridgehead atoms. The van der Waals surface area contributed by atoms with Gasteiger partial charge < -0.3 is 23.9 Å². The highest BCUT2D eigenvalue weighted by atomic mass is 32.2. The van der Waals surface area contributed by atoms with Crippen molar-refractivity contribution in [3.05, 3.63) is 95.8 Å². The van der Waals surface area contributed by atoms with Crippen molar-refractivity contribution in [1.82, 2.24) is 0 Å². The minimum Gasteiger partial charge on any atom is -0.496 e. The number of nitrogens with one attached hydrogen (secondary N) is 1. The Balaban J connectivity index is 1.60. The summed E-state index contributed by atoms with van der Waals surface area (Å²) < 4.78 is 56.9. The molecule has 10 heteroatoms. The predicted molar refractivity (Wildman–Crippen MR) is 159 cm³/mol. The number of fused-ring (bicyclic) bond motifs is 1. The number of halogens is 1. The first kappa shape index (κ1) is 28.9. The third kappa shape index (κ3) is 5.49. The molecule has 0 saturated heterocycles. The van der Waals surface area contributed by atoms with E-state index in [0.717, 1.165) is 11.3 Å². The van der Waals surface area contributed by atoms with E-state index in [-0.39, 0.29) is 23.2 Å². The van der Waals surface area contributed by atoms with Crippen LogP contribution in [-0.2, 0) is 21.5 Å². The first-order valence-electron chi connectivity index (χ1n) is 13.2. The second-order valence-electron chi connectivity index (χ2n) is 10.5. The van der Waals surface area contributed by atoms with E-state index >= 15 is 0 Å². The fourth-order valence-electron chi connectivity index (χ4n) is 5.02. The zero-order valence-corrected chi connectivity index (χ0v) is 24.7. The Morgan fingerprint density at radius 3 is 2.36 bits per heavy atom. The number of methoxy groups -OCH3 is 1. The summed E-state index contributed by atoms with van der Waals surface area (Å²) in [6.07, 6.45) is 0. The van der Waals surface area contributed by atoms with Crippen LogP contribution in [0.2, 0.25) is 0 Å². The number of amides is 1. The number of hydrogen-bond donors (Lipinski definition) is 1. The average molecular weight is 591 g/mol. The van der Waals surface area contributed by atoms with Crippen LogP contribution in [-0.4, -0.2) is 34.0 Å². The Morgan fingerprint density at radius 2 is 1.64 bits per heavy atom. The van der Waals surface area contributed by atoms with E-state index in [1.54, 1.807) is 56.1 Å². The van der Waals surface area contributed by atoms with Crippen LogP contribution in [0, 0.1) is 12.7 Å². The molecule has 0 atom stereocenters. The zero-order valence-electron chi connectivity index (χ0n) is 23.9. The summed E-state index contributed by atoms with van der Waals surface area (Å²) in [5, 5.41) is 3.31. The fraction of sp³-hybridized carbons (Fsp3) is 0.219. The number of likely N-dealkylation sites (N-methyl/N-ethyl adjacent to an activating group) is 1. The zero-order chi connectivity index (χ0) is 30.2. The Labute approximate surface area is 244 Å². The van der Waals surface area contributed by atoms with Crippen LogP contribution in [0.5, 0.6) is 17.2 Å². The van der Waals surface area contributed by atoms with Crippen molar-refractivity contribution in [2.75, 3.05) is 24.4 Å². The summed E-state index contributed by atoms with van der Waals surface area (Å²) >= 11 is 0. The summed E-state index contributed by atoms with van der Waals surface area (Å²) in [5.74, 6) is 0.221. The molecule has 4 aromatic rings. The number of ether oxygens (including phenoxy) is 2. The van der Waals surface area contributed by atoms with Gasteiger partial charge in [-0.15, -0.1) is 0 Å². The molecule has 0 aromatic heterocycles. The van der Waals surface area contributed by atoms with E-state index in [9.17, 15) is 17.6 Å². The van der Waals surface area contributed by atoms with E-state index < -0.39 is 21.5 Å². The lowest BCUT2D eigenvalue weighted by molar-refractivity contribution is -0.121. The molecule has 0 spiro atoms. The molecule has 1 aliphatic rings. The highest BCUT2D eigenvalue weighted by Crippen LogP contribution is 2.45. The number of rotatable bonds is 8. The number of benzene rings is 4. The van der Waals surface area contributed by atoms with E-state index in [1.165, 1.54) is 43.5 Å². The quantitative estimate of drug-likeness (QED) is 0.240. The smallest absolute Gasteiger partial charge is 0.339 e. The normalized spacial score (nSPS) is 14.1. The van der Waals surface area contributed by atoms with Crippen LogP contribution >= 0.6 is 0 Å². The van der Waals surface area contributed by atoms with Gasteiger partial charge in [-0.1, -0.05) is 30.3 Å². The minimum absolute atomic E-state index is 0.00627. The van der Waals surface area contributed by atoms with E-state index in [0.29, 0.717) is 33.9 Å². The molecule has 1 heterocycles. The molecular weight excluding hydrogens is 559 g/mol. The van der Waals surface area contributed by atoms with Gasteiger partial charge in [-0.05, 0) is 68.3 Å². The van der Waals surface area contributed by atoms with Crippen molar-refractivity contribution in [3.63, 3.8) is 0 Å². The SMILES string of the molecule is COc1cc(OS(=O)(=O)c2ccccc2)ccc1-c1ccc2c(c1COc1cc(F)ccc1C)N(C)C(=O)C(C)(C)N2. The topological polar surface area (TPSA) is 94.2 Å². The number of anilines is 2. The molecule has 8 nitrogen and oxygen atoms in total. The van der Waals surface area contributed by atoms with Gasteiger partial charge in [0.2, 0.25) is 0 Å². The van der Waals surface area contributed by atoms with Crippen LogP contribution in [0.1, 0.15) is 25.0 Å². The summed E-state index contributed by atoms with van der Waals surface area (Å²) in [7, 11) is -0.894. The molecule has 0 radical (unpaired) electrons. The Bertz CT molecular complexity index is 1770. The maximum absolute atomic E-state index is 14.0. The van der Waals surface area contributed by atoms with E-state index in [1.807, 2.05) is 19.1 Å². The van der Waals surface area contributed by atoms with Crippen molar-refractivity contribution in [2.45, 2.75) is 37.8 Å². The van der Waals surface area contributed by atoms with Gasteiger partial charge in [0.1, 0.15) is 40.1 Å². The second-order valence-corrected chi connectivity index (χ2v) is 12.1. The highest BCUT2D eigenvalue weighted by Gasteiger charge is 2.38. The lowest BCUT2D eigenvalue weighted by atomic mass is 9.91. The first-order chi connectivity index (χ1) is 19.9. The summed E-state index contributed by atoms with van der Waals surface area (Å²) in [5.41, 5.74) is 3.21. The third-order valence-corrected chi connectivity index (χ3v) is 8.39. The molecule has 0 unspecified atom stereocenters. The number of hydrogen-bond acceptors (Lipinski definition) is 7. The molecule has 0 saturated carbocycles. The Kier molecular flexibility index (Phi) is 7.59. The highest BCUT2D eigenvalue weighted by molar-refractivity contribution is 7.87. The van der Waals surface area contributed by atoms with Gasteiger partial charge >= 0.3 is 10.1 Å². The number of carbonyl (C=O) groups is 1. The van der Waals surface area contributed by atoms with Crippen LogP contribution in [0.25, 0.3) is 11.1 Å². The van der Waals surface area contributed by atoms with Gasteiger partial charge in [0, 0.05) is 30.3 Å². The fourth-order valence-corrected chi connectivity index (χ4v) is 5.96. The Morgan fingerprint density at radius 1 is 0.929 bits per heavy atom. The lowest BCUT2D eigenvalue weighted by Gasteiger charge is -2.39. The number of nitrogens with zero attached hydrogens (tertiary/aromatic N) is 1. The molecule has 0 fully saturated rings. The molecule has 0 aliphatic carbocycles. The summed E-state index contributed by atoms with van der Waals surface area (Å²) in [4.78, 5) is 14.9. The number of aryl methyl sites for hydroxylation is 1. The second kappa shape index (κ2) is 11.0. The molecule has 4 aromatic carbocycles. The van der Waals surface area contributed by atoms with Crippen LogP contribution in [0.15, 0.2) is 83.8 Å². The largest absolute Gasteiger partial charge is 0.496 e. The predicted octanol–water partition coefficient (Wildman–Crippen LogP) is 6.32. The summed E-state index contributed by atoms with van der Waals surface area (Å²) in [6.45, 7) is 5.44. The maximum atomic E-state index is 14.0. The molecule has 42 heavy (non-hydrogen) atoms. The van der Waals surface area contributed by atoms with E-state index in [4.69, 9.17) is 13.7 Å².